The van der Waals surface area contributed by atoms with E-state index in [0.29, 0.717) is 33.8 Å². The summed E-state index contributed by atoms with van der Waals surface area (Å²) in [6.45, 7) is 5.07. The normalized spacial score (nSPS) is 19.5. The number of aryl methyl sites for hydroxylation is 1. The van der Waals surface area contributed by atoms with Crippen LogP contribution in [0, 0.1) is 13.8 Å². The van der Waals surface area contributed by atoms with Crippen LogP contribution in [0.4, 0.5) is 0 Å². The minimum absolute atomic E-state index is 0.0157. The second-order valence-corrected chi connectivity index (χ2v) is 9.97. The summed E-state index contributed by atoms with van der Waals surface area (Å²) in [5.74, 6) is 0.516. The maximum absolute atomic E-state index is 13.4. The largest absolute Gasteiger partial charge is 0.438 e. The molecule has 2 aliphatic heterocycles. The Labute approximate surface area is 206 Å². The number of ether oxygens (including phenoxy) is 2. The highest BCUT2D eigenvalue weighted by Crippen LogP contribution is 2.35. The summed E-state index contributed by atoms with van der Waals surface area (Å²) in [6.07, 6.45) is 5.06. The molecule has 4 heterocycles. The molecule has 0 radical (unpaired) electrons. The Hall–Kier alpha value is -3.01. The van der Waals surface area contributed by atoms with Crippen LogP contribution in [0.25, 0.3) is 11.7 Å². The van der Waals surface area contributed by atoms with E-state index in [1.807, 2.05) is 32.0 Å². The van der Waals surface area contributed by atoms with Crippen molar-refractivity contribution in [3.63, 3.8) is 0 Å². The monoisotopic (exact) mass is 493 g/mol. The van der Waals surface area contributed by atoms with Crippen molar-refractivity contribution in [2.75, 3.05) is 13.2 Å². The molecule has 9 heteroatoms. The van der Waals surface area contributed by atoms with Gasteiger partial charge in [0, 0.05) is 12.8 Å². The van der Waals surface area contributed by atoms with Gasteiger partial charge in [0.2, 0.25) is 5.88 Å². The van der Waals surface area contributed by atoms with E-state index in [1.165, 1.54) is 16.2 Å². The molecule has 2 fully saturated rings. The molecule has 2 aliphatic rings. The van der Waals surface area contributed by atoms with Crippen LogP contribution in [0.5, 0.6) is 11.6 Å². The number of hydrogen-bond acceptors (Lipinski definition) is 7. The van der Waals surface area contributed by atoms with Gasteiger partial charge in [-0.25, -0.2) is 0 Å². The van der Waals surface area contributed by atoms with Crippen LogP contribution in [0.3, 0.4) is 0 Å². The van der Waals surface area contributed by atoms with E-state index in [9.17, 15) is 9.59 Å². The van der Waals surface area contributed by atoms with Crippen molar-refractivity contribution >= 4 is 45.9 Å². The molecule has 5 rings (SSSR count). The highest BCUT2D eigenvalue weighted by atomic mass is 32.2. The molecule has 2 saturated heterocycles. The van der Waals surface area contributed by atoms with E-state index < -0.39 is 0 Å². The van der Waals surface area contributed by atoms with Crippen LogP contribution >= 0.6 is 24.0 Å². The van der Waals surface area contributed by atoms with Crippen molar-refractivity contribution in [2.45, 2.75) is 32.8 Å². The zero-order chi connectivity index (χ0) is 23.8. The third kappa shape index (κ3) is 4.26. The molecule has 2 aromatic heterocycles. The molecule has 3 aromatic rings. The summed E-state index contributed by atoms with van der Waals surface area (Å²) in [7, 11) is 0. The molecule has 1 aromatic carbocycles. The third-order valence-electron chi connectivity index (χ3n) is 6.05. The van der Waals surface area contributed by atoms with Gasteiger partial charge in [0.05, 0.1) is 17.6 Å². The predicted molar refractivity (Wildman–Crippen MR) is 136 cm³/mol. The lowest BCUT2D eigenvalue weighted by Gasteiger charge is -2.18. The van der Waals surface area contributed by atoms with Gasteiger partial charge >= 0.3 is 0 Å². The standard InChI is InChI=1S/C25H23N3O4S2/c1-15-7-5-9-19(16(15)2)32-22-18(23(29)27-11-4-3-10-21(27)26-22)13-20-24(30)28(25(33)34-20)14-17-8-6-12-31-17/h3-5,7,9-11,13,17H,6,8,12,14H2,1-2H3/b20-13+. The SMILES string of the molecule is Cc1cccc(Oc2nc3ccccn3c(=O)c2/C=C2/SC(=S)N(CC3CCCO3)C2=O)c1C. The lowest BCUT2D eigenvalue weighted by atomic mass is 10.1. The quantitative estimate of drug-likeness (QED) is 0.383. The maximum atomic E-state index is 13.4. The van der Waals surface area contributed by atoms with Crippen molar-refractivity contribution in [3.8, 4) is 11.6 Å². The minimum Gasteiger partial charge on any atom is -0.438 e. The number of pyridine rings is 1. The first kappa shape index (κ1) is 22.8. The number of amides is 1. The molecule has 1 amide bonds. The Morgan fingerprint density at radius 1 is 1.24 bits per heavy atom. The van der Waals surface area contributed by atoms with E-state index >= 15 is 0 Å². The second kappa shape index (κ2) is 9.32. The Kier molecular flexibility index (Phi) is 6.24. The number of thioether (sulfide) groups is 1. The summed E-state index contributed by atoms with van der Waals surface area (Å²) in [5, 5.41) is 0. The molecular formula is C25H23N3O4S2. The zero-order valence-corrected chi connectivity index (χ0v) is 20.4. The van der Waals surface area contributed by atoms with Crippen molar-refractivity contribution < 1.29 is 14.3 Å². The van der Waals surface area contributed by atoms with Gasteiger partial charge in [0.15, 0.2) is 0 Å². The summed E-state index contributed by atoms with van der Waals surface area (Å²) in [4.78, 5) is 33.1. The number of benzene rings is 1. The highest BCUT2D eigenvalue weighted by molar-refractivity contribution is 8.26. The van der Waals surface area contributed by atoms with Crippen molar-refractivity contribution in [1.29, 1.82) is 0 Å². The molecular weight excluding hydrogens is 470 g/mol. The highest BCUT2D eigenvalue weighted by Gasteiger charge is 2.35. The summed E-state index contributed by atoms with van der Waals surface area (Å²) < 4.78 is 13.7. The minimum atomic E-state index is -0.324. The Morgan fingerprint density at radius 3 is 2.88 bits per heavy atom. The predicted octanol–water partition coefficient (Wildman–Crippen LogP) is 4.48. The summed E-state index contributed by atoms with van der Waals surface area (Å²) >= 11 is 6.64. The number of fused-ring (bicyclic) bond motifs is 1. The number of thiocarbonyl (C=S) groups is 1. The Morgan fingerprint density at radius 2 is 2.09 bits per heavy atom. The zero-order valence-electron chi connectivity index (χ0n) is 18.8. The average molecular weight is 494 g/mol. The van der Waals surface area contributed by atoms with Crippen molar-refractivity contribution in [2.24, 2.45) is 0 Å². The van der Waals surface area contributed by atoms with Crippen LogP contribution in [0.2, 0.25) is 0 Å². The molecule has 1 atom stereocenters. The van der Waals surface area contributed by atoms with Crippen LogP contribution in [0.1, 0.15) is 29.5 Å². The van der Waals surface area contributed by atoms with E-state index in [4.69, 9.17) is 21.7 Å². The fourth-order valence-corrected chi connectivity index (χ4v) is 5.26. The van der Waals surface area contributed by atoms with E-state index in [1.54, 1.807) is 35.4 Å². The van der Waals surface area contributed by atoms with Crippen LogP contribution in [0.15, 0.2) is 52.3 Å². The first-order chi connectivity index (χ1) is 16.4. The lowest BCUT2D eigenvalue weighted by Crippen LogP contribution is -2.35. The maximum Gasteiger partial charge on any atom is 0.269 e. The van der Waals surface area contributed by atoms with Gasteiger partial charge in [-0.3, -0.25) is 18.9 Å². The number of hydrogen-bond donors (Lipinski definition) is 0. The third-order valence-corrected chi connectivity index (χ3v) is 7.43. The summed E-state index contributed by atoms with van der Waals surface area (Å²) in [5.41, 5.74) is 2.34. The number of carbonyl (C=O) groups is 1. The van der Waals surface area contributed by atoms with Gasteiger partial charge in [0.1, 0.15) is 21.3 Å². The van der Waals surface area contributed by atoms with Gasteiger partial charge < -0.3 is 9.47 Å². The number of aromatic nitrogens is 2. The van der Waals surface area contributed by atoms with Crippen molar-refractivity contribution in [1.82, 2.24) is 14.3 Å². The second-order valence-electron chi connectivity index (χ2n) is 8.29. The molecule has 1 unspecified atom stereocenters. The van der Waals surface area contributed by atoms with Gasteiger partial charge in [-0.1, -0.05) is 42.2 Å². The Bertz CT molecular complexity index is 1390. The first-order valence-corrected chi connectivity index (χ1v) is 12.3. The van der Waals surface area contributed by atoms with Gasteiger partial charge in [0.25, 0.3) is 11.5 Å². The molecule has 0 saturated carbocycles. The number of rotatable bonds is 5. The molecule has 34 heavy (non-hydrogen) atoms. The molecule has 0 bridgehead atoms. The van der Waals surface area contributed by atoms with Gasteiger partial charge in [-0.15, -0.1) is 0 Å². The van der Waals surface area contributed by atoms with Gasteiger partial charge in [-0.2, -0.15) is 4.98 Å². The smallest absolute Gasteiger partial charge is 0.269 e. The lowest BCUT2D eigenvalue weighted by molar-refractivity contribution is -0.123. The number of nitrogens with zero attached hydrogens (tertiary/aromatic N) is 3. The molecule has 7 nitrogen and oxygen atoms in total. The van der Waals surface area contributed by atoms with Crippen molar-refractivity contribution in [3.05, 3.63) is 74.5 Å². The van der Waals surface area contributed by atoms with Crippen LogP contribution in [-0.4, -0.2) is 43.8 Å². The molecule has 174 valence electrons. The van der Waals surface area contributed by atoms with E-state index in [2.05, 4.69) is 4.98 Å². The first-order valence-electron chi connectivity index (χ1n) is 11.0. The molecule has 0 aliphatic carbocycles. The molecule has 0 spiro atoms. The Balaban J connectivity index is 1.57. The van der Waals surface area contributed by atoms with Crippen LogP contribution in [-0.2, 0) is 9.53 Å². The summed E-state index contributed by atoms with van der Waals surface area (Å²) in [6, 6.07) is 11.0. The fraction of sp³-hybridized carbons (Fsp3) is 0.280. The fourth-order valence-electron chi connectivity index (χ4n) is 4.00. The van der Waals surface area contributed by atoms with Crippen LogP contribution < -0.4 is 10.3 Å². The molecule has 0 N–H and O–H groups in total. The van der Waals surface area contributed by atoms with E-state index in [0.717, 1.165) is 24.0 Å². The topological polar surface area (TPSA) is 73.1 Å². The number of carbonyl (C=O) groups excluding carboxylic acids is 1. The average Bonchev–Trinajstić information content (AvgIpc) is 3.43. The van der Waals surface area contributed by atoms with Gasteiger partial charge in [-0.05, 0) is 62.1 Å². The van der Waals surface area contributed by atoms with E-state index in [-0.39, 0.29) is 29.0 Å².